The van der Waals surface area contributed by atoms with E-state index in [-0.39, 0.29) is 0 Å². The number of rotatable bonds is 11. The fourth-order valence-electron chi connectivity index (χ4n) is 1.10. The molecule has 0 radical (unpaired) electrons. The summed E-state index contributed by atoms with van der Waals surface area (Å²) in [6, 6.07) is 0. The van der Waals surface area contributed by atoms with Gasteiger partial charge in [-0.2, -0.15) is 6.42 Å². The van der Waals surface area contributed by atoms with Crippen LogP contribution in [0.1, 0.15) is 59.3 Å². The zero-order chi connectivity index (χ0) is 12.3. The zero-order valence-electron chi connectivity index (χ0n) is 10.9. The summed E-state index contributed by atoms with van der Waals surface area (Å²) in [5.41, 5.74) is 0. The quantitative estimate of drug-likeness (QED) is 0.300. The van der Waals surface area contributed by atoms with Gasteiger partial charge in [-0.3, -0.25) is 4.57 Å². The van der Waals surface area contributed by atoms with Crippen LogP contribution in [0.5, 0.6) is 0 Å². The summed E-state index contributed by atoms with van der Waals surface area (Å²) in [6.07, 6.45) is 7.43. The average molecular weight is 249 g/mol. The molecule has 4 heteroatoms. The fraction of sp³-hybridized carbons (Fsp3) is 0.917. The topological polar surface area (TPSA) is 35.5 Å². The smallest absolute Gasteiger partial charge is 0.187 e. The van der Waals surface area contributed by atoms with Crippen LogP contribution < -0.4 is 0 Å². The summed E-state index contributed by atoms with van der Waals surface area (Å²) in [5, 5.41) is 0. The third kappa shape index (κ3) is 8.32. The van der Waals surface area contributed by atoms with Crippen LogP contribution in [0.4, 0.5) is 0 Å². The van der Waals surface area contributed by atoms with Crippen molar-refractivity contribution in [2.75, 3.05) is 13.2 Å². The molecule has 0 aromatic rings. The van der Waals surface area contributed by atoms with Gasteiger partial charge in [-0.25, -0.2) is 6.16 Å². The first-order chi connectivity index (χ1) is 7.68. The summed E-state index contributed by atoms with van der Waals surface area (Å²) in [4.78, 5) is 0. The average Bonchev–Trinajstić information content (AvgIpc) is 2.27. The molecule has 0 aliphatic heterocycles. The zero-order valence-corrected chi connectivity index (χ0v) is 11.8. The van der Waals surface area contributed by atoms with E-state index in [0.717, 1.165) is 38.5 Å². The maximum atomic E-state index is 12.2. The van der Waals surface area contributed by atoms with Crippen molar-refractivity contribution < 1.29 is 13.6 Å². The summed E-state index contributed by atoms with van der Waals surface area (Å²) in [5.74, 6) is 0. The Morgan fingerprint density at radius 2 is 1.44 bits per heavy atom. The van der Waals surface area contributed by atoms with Gasteiger partial charge in [0.25, 0.3) is 0 Å². The van der Waals surface area contributed by atoms with Gasteiger partial charge in [0.1, 0.15) is 0 Å². The lowest BCUT2D eigenvalue weighted by Crippen LogP contribution is -2.00. The molecule has 98 valence electrons. The molecule has 0 N–H and O–H groups in total. The molecular weight excluding hydrogens is 223 g/mol. The first kappa shape index (κ1) is 16.1. The lowest BCUT2D eigenvalue weighted by molar-refractivity contribution is 0.204. The Hall–Kier alpha value is 0.150. The van der Waals surface area contributed by atoms with Crippen LogP contribution in [0.25, 0.3) is 0 Å². The van der Waals surface area contributed by atoms with E-state index in [4.69, 9.17) is 9.05 Å². The van der Waals surface area contributed by atoms with Gasteiger partial charge in [0.2, 0.25) is 0 Å². The Balaban J connectivity index is 3.97. The molecule has 0 spiro atoms. The van der Waals surface area contributed by atoms with Crippen LogP contribution in [0, 0.1) is 6.16 Å². The van der Waals surface area contributed by atoms with Crippen LogP contribution in [-0.4, -0.2) is 13.2 Å². The second-order valence-electron chi connectivity index (χ2n) is 3.88. The van der Waals surface area contributed by atoms with Gasteiger partial charge in [-0.1, -0.05) is 40.0 Å². The predicted molar refractivity (Wildman–Crippen MR) is 68.5 cm³/mol. The van der Waals surface area contributed by atoms with Crippen molar-refractivity contribution in [2.45, 2.75) is 59.3 Å². The molecule has 0 aromatic heterocycles. The maximum absolute atomic E-state index is 12.2. The van der Waals surface area contributed by atoms with Crippen LogP contribution in [0.3, 0.4) is 0 Å². The molecule has 0 heterocycles. The van der Waals surface area contributed by atoms with Gasteiger partial charge in [-0.15, -0.1) is 0 Å². The van der Waals surface area contributed by atoms with E-state index in [1.165, 1.54) is 0 Å². The van der Waals surface area contributed by atoms with Crippen LogP contribution in [0.15, 0.2) is 0 Å². The molecule has 0 aliphatic rings. The largest absolute Gasteiger partial charge is 0.331 e. The summed E-state index contributed by atoms with van der Waals surface area (Å²) in [6.45, 7) is 7.28. The van der Waals surface area contributed by atoms with Crippen LogP contribution in [0.2, 0.25) is 0 Å². The molecule has 0 fully saturated rings. The van der Waals surface area contributed by atoms with Crippen LogP contribution >= 0.6 is 7.60 Å². The van der Waals surface area contributed by atoms with Crippen molar-refractivity contribution in [1.82, 2.24) is 0 Å². The molecule has 0 saturated heterocycles. The second-order valence-corrected chi connectivity index (χ2v) is 5.85. The van der Waals surface area contributed by atoms with E-state index in [0.29, 0.717) is 13.2 Å². The molecule has 0 aliphatic carbocycles. The molecule has 16 heavy (non-hydrogen) atoms. The van der Waals surface area contributed by atoms with E-state index in [1.54, 1.807) is 6.16 Å². The third-order valence-corrected chi connectivity index (χ3v) is 3.97. The SMILES string of the molecule is CCC[CH-]P(=O)(OCCCC)OCCCC. The second kappa shape index (κ2) is 10.3. The van der Waals surface area contributed by atoms with E-state index in [2.05, 4.69) is 20.8 Å². The Bertz CT molecular complexity index is 181. The van der Waals surface area contributed by atoms with Gasteiger partial charge in [0.05, 0.1) is 13.2 Å². The molecular formula is C12H26O3P-. The van der Waals surface area contributed by atoms with Crippen molar-refractivity contribution >= 4 is 7.60 Å². The monoisotopic (exact) mass is 249 g/mol. The lowest BCUT2D eigenvalue weighted by Gasteiger charge is -2.26. The minimum absolute atomic E-state index is 0.528. The number of unbranched alkanes of at least 4 members (excludes halogenated alkanes) is 3. The molecule has 0 atom stereocenters. The molecule has 0 aromatic carbocycles. The fourth-order valence-corrected chi connectivity index (χ4v) is 2.73. The molecule has 3 nitrogen and oxygen atoms in total. The van der Waals surface area contributed by atoms with Gasteiger partial charge in [0.15, 0.2) is 7.60 Å². The molecule has 0 rings (SSSR count). The molecule has 0 amide bonds. The van der Waals surface area contributed by atoms with Crippen molar-refractivity contribution in [3.8, 4) is 0 Å². The number of hydrogen-bond acceptors (Lipinski definition) is 3. The highest BCUT2D eigenvalue weighted by atomic mass is 31.2. The standard InChI is InChI=1S/C12H26O3P/c1-4-7-10-14-16(13,12-9-6-3)15-11-8-5-2/h12H,4-11H2,1-3H3/q-1. The molecule has 0 bridgehead atoms. The Labute approximate surface area is 100 Å². The first-order valence-electron chi connectivity index (χ1n) is 6.41. The van der Waals surface area contributed by atoms with E-state index in [1.807, 2.05) is 0 Å². The van der Waals surface area contributed by atoms with Crippen molar-refractivity contribution in [3.05, 3.63) is 6.16 Å². The Morgan fingerprint density at radius 1 is 0.938 bits per heavy atom. The van der Waals surface area contributed by atoms with E-state index >= 15 is 0 Å². The summed E-state index contributed by atoms with van der Waals surface area (Å²) < 4.78 is 23.0. The van der Waals surface area contributed by atoms with Gasteiger partial charge >= 0.3 is 0 Å². The summed E-state index contributed by atoms with van der Waals surface area (Å²) in [7, 11) is -2.92. The highest BCUT2D eigenvalue weighted by molar-refractivity contribution is 7.56. The van der Waals surface area contributed by atoms with Crippen LogP contribution in [-0.2, 0) is 13.6 Å². The minimum Gasteiger partial charge on any atom is -0.331 e. The highest BCUT2D eigenvalue weighted by Gasteiger charge is 2.12. The minimum atomic E-state index is -2.92. The first-order valence-corrected chi connectivity index (χ1v) is 8.02. The predicted octanol–water partition coefficient (Wildman–Crippen LogP) is 4.77. The van der Waals surface area contributed by atoms with Gasteiger partial charge in [-0.05, 0) is 12.8 Å². The van der Waals surface area contributed by atoms with E-state index in [9.17, 15) is 4.57 Å². The van der Waals surface area contributed by atoms with E-state index < -0.39 is 7.60 Å². The molecule has 0 saturated carbocycles. The van der Waals surface area contributed by atoms with Crippen molar-refractivity contribution in [3.63, 3.8) is 0 Å². The Kier molecular flexibility index (Phi) is 10.4. The van der Waals surface area contributed by atoms with Crippen molar-refractivity contribution in [1.29, 1.82) is 0 Å². The molecule has 0 unspecified atom stereocenters. The van der Waals surface area contributed by atoms with Gasteiger partial charge < -0.3 is 9.05 Å². The Morgan fingerprint density at radius 3 is 1.81 bits per heavy atom. The maximum Gasteiger partial charge on any atom is 0.187 e. The van der Waals surface area contributed by atoms with Crippen molar-refractivity contribution in [2.24, 2.45) is 0 Å². The third-order valence-electron chi connectivity index (χ3n) is 2.18. The lowest BCUT2D eigenvalue weighted by atomic mass is 10.4. The normalized spacial score (nSPS) is 11.9. The number of hydrogen-bond donors (Lipinski definition) is 0. The van der Waals surface area contributed by atoms with Gasteiger partial charge in [0, 0.05) is 0 Å². The summed E-state index contributed by atoms with van der Waals surface area (Å²) >= 11 is 0. The highest BCUT2D eigenvalue weighted by Crippen LogP contribution is 2.52.